The molecule has 57 heavy (non-hydrogen) atoms. The summed E-state index contributed by atoms with van der Waals surface area (Å²) in [6.45, 7) is 4.35. The Bertz CT molecular complexity index is 2550. The minimum absolute atomic E-state index is 0. The summed E-state index contributed by atoms with van der Waals surface area (Å²) in [6.07, 6.45) is 5.13. The molecule has 8 aromatic rings. The Balaban J connectivity index is 0.00000228. The summed E-state index contributed by atoms with van der Waals surface area (Å²) >= 11 is 2.61. The molecule has 0 aliphatic heterocycles. The zero-order valence-corrected chi connectivity index (χ0v) is 37.2. The molecule has 2 aliphatic carbocycles. The number of aryl methyl sites for hydroxylation is 2. The molecular weight excluding hydrogens is 851 g/mol. The smallest absolute Gasteiger partial charge is 1.00 e. The predicted octanol–water partition coefficient (Wildman–Crippen LogP) is 9.08. The number of halogens is 2. The molecule has 2 heterocycles. The third-order valence-corrected chi connectivity index (χ3v) is 18.1. The van der Waals surface area contributed by atoms with Crippen LogP contribution in [0.4, 0.5) is 0 Å². The normalized spacial score (nSPS) is 15.1. The third kappa shape index (κ3) is 7.58. The van der Waals surface area contributed by atoms with Crippen LogP contribution in [-0.2, 0) is 23.2 Å². The van der Waals surface area contributed by atoms with Gasteiger partial charge in [0.2, 0.25) is 0 Å². The molecular formula is C52H38Cl2S2Zr. The van der Waals surface area contributed by atoms with Crippen LogP contribution in [0.2, 0.25) is 0 Å². The van der Waals surface area contributed by atoms with Gasteiger partial charge in [-0.1, -0.05) is 0 Å². The van der Waals surface area contributed by atoms with Gasteiger partial charge in [-0.25, -0.2) is 0 Å². The zero-order chi connectivity index (χ0) is 36.9. The van der Waals surface area contributed by atoms with E-state index >= 15 is 0 Å². The largest absolute Gasteiger partial charge is 1.00 e. The average molecular weight is 889 g/mol. The van der Waals surface area contributed by atoms with Gasteiger partial charge in [0.1, 0.15) is 0 Å². The van der Waals surface area contributed by atoms with Crippen LogP contribution in [0, 0.1) is 13.8 Å². The van der Waals surface area contributed by atoms with Crippen molar-refractivity contribution in [3.05, 3.63) is 213 Å². The Labute approximate surface area is 368 Å². The van der Waals surface area contributed by atoms with Gasteiger partial charge in [-0.05, 0) is 0 Å². The topological polar surface area (TPSA) is 0 Å². The summed E-state index contributed by atoms with van der Waals surface area (Å²) in [5.74, 6) is 0. The van der Waals surface area contributed by atoms with Gasteiger partial charge < -0.3 is 24.8 Å². The number of allylic oxidation sites excluding steroid dienone is 2. The molecule has 2 unspecified atom stereocenters. The SMILES string of the molecule is Cc1ccc(-c2cccc3c2C=C(c2ccc(-c4ccccc4)s2)[CH]3[Zr+2][CH]2C(c3ccc(-c4ccccc4)s3)=Cc3c(-c4ccc(C)cc4)cccc32)cc1.[Cl-].[Cl-]. The van der Waals surface area contributed by atoms with E-state index in [9.17, 15) is 0 Å². The van der Waals surface area contributed by atoms with Gasteiger partial charge in [-0.3, -0.25) is 0 Å². The van der Waals surface area contributed by atoms with Gasteiger partial charge >= 0.3 is 346 Å². The molecule has 0 radical (unpaired) electrons. The van der Waals surface area contributed by atoms with Gasteiger partial charge in [0.05, 0.1) is 0 Å². The third-order valence-electron chi connectivity index (χ3n) is 11.1. The van der Waals surface area contributed by atoms with Crippen LogP contribution in [-0.4, -0.2) is 0 Å². The molecule has 2 aliphatic rings. The maximum absolute atomic E-state index is 2.57. The van der Waals surface area contributed by atoms with Crippen LogP contribution in [0.1, 0.15) is 50.4 Å². The minimum Gasteiger partial charge on any atom is -1.00 e. The summed E-state index contributed by atoms with van der Waals surface area (Å²) in [5, 5.41) is 0. The Morgan fingerprint density at radius 3 is 1.16 bits per heavy atom. The Morgan fingerprint density at radius 1 is 0.368 bits per heavy atom. The summed E-state index contributed by atoms with van der Waals surface area (Å²) in [4.78, 5) is 5.46. The van der Waals surface area contributed by atoms with Crippen molar-refractivity contribution in [1.82, 2.24) is 0 Å². The number of rotatable bonds is 8. The Kier molecular flexibility index (Phi) is 11.7. The minimum atomic E-state index is -1.29. The van der Waals surface area contributed by atoms with Gasteiger partial charge in [0, 0.05) is 0 Å². The van der Waals surface area contributed by atoms with Crippen molar-refractivity contribution in [3.8, 4) is 43.1 Å². The quantitative estimate of drug-likeness (QED) is 0.143. The summed E-state index contributed by atoms with van der Waals surface area (Å²) in [5.41, 5.74) is 19.3. The fourth-order valence-electron chi connectivity index (χ4n) is 8.23. The molecule has 2 atom stereocenters. The maximum atomic E-state index is 2.57. The number of benzene rings is 6. The van der Waals surface area contributed by atoms with Crippen molar-refractivity contribution in [2.45, 2.75) is 21.1 Å². The van der Waals surface area contributed by atoms with Crippen molar-refractivity contribution in [3.63, 3.8) is 0 Å². The summed E-state index contributed by atoms with van der Waals surface area (Å²) < 4.78 is 0.810. The van der Waals surface area contributed by atoms with Crippen LogP contribution in [0.3, 0.4) is 0 Å². The first-order chi connectivity index (χ1) is 27.1. The molecule has 6 aromatic carbocycles. The van der Waals surface area contributed by atoms with Crippen molar-refractivity contribution < 1.29 is 48.0 Å². The second-order valence-corrected chi connectivity index (χ2v) is 20.5. The first-order valence-corrected chi connectivity index (χ1v) is 23.4. The second-order valence-electron chi connectivity index (χ2n) is 14.6. The van der Waals surface area contributed by atoms with E-state index in [-0.39, 0.29) is 24.8 Å². The molecule has 2 aromatic heterocycles. The predicted molar refractivity (Wildman–Crippen MR) is 234 cm³/mol. The number of thiophene rings is 2. The van der Waals surface area contributed by atoms with Crippen molar-refractivity contribution >= 4 is 46.0 Å². The number of hydrogen-bond acceptors (Lipinski definition) is 2. The van der Waals surface area contributed by atoms with E-state index in [1.807, 2.05) is 22.7 Å². The summed E-state index contributed by atoms with van der Waals surface area (Å²) in [6, 6.07) is 63.5. The van der Waals surface area contributed by atoms with Crippen LogP contribution in [0.5, 0.6) is 0 Å². The van der Waals surface area contributed by atoms with E-state index in [1.54, 1.807) is 0 Å². The van der Waals surface area contributed by atoms with Crippen molar-refractivity contribution in [2.75, 3.05) is 0 Å². The molecule has 0 fully saturated rings. The molecule has 0 spiro atoms. The Hall–Kier alpha value is -4.34. The molecule has 0 N–H and O–H groups in total. The molecule has 276 valence electrons. The molecule has 0 saturated carbocycles. The van der Waals surface area contributed by atoms with E-state index in [2.05, 4.69) is 196 Å². The first kappa shape index (κ1) is 39.5. The zero-order valence-electron chi connectivity index (χ0n) is 31.5. The molecule has 0 nitrogen and oxygen atoms in total. The van der Waals surface area contributed by atoms with E-state index < -0.39 is 23.2 Å². The van der Waals surface area contributed by atoms with Crippen molar-refractivity contribution in [2.24, 2.45) is 0 Å². The van der Waals surface area contributed by atoms with Crippen molar-refractivity contribution in [1.29, 1.82) is 0 Å². The number of fused-ring (bicyclic) bond motifs is 2. The van der Waals surface area contributed by atoms with Gasteiger partial charge in [-0.15, -0.1) is 0 Å². The van der Waals surface area contributed by atoms with Gasteiger partial charge in [0.25, 0.3) is 0 Å². The fourth-order valence-corrected chi connectivity index (χ4v) is 15.9. The van der Waals surface area contributed by atoms with Crippen LogP contribution in [0.25, 0.3) is 66.4 Å². The van der Waals surface area contributed by atoms with Gasteiger partial charge in [-0.2, -0.15) is 0 Å². The van der Waals surface area contributed by atoms with E-state index in [0.29, 0.717) is 7.25 Å². The van der Waals surface area contributed by atoms with Crippen LogP contribution >= 0.6 is 22.7 Å². The molecule has 0 bridgehead atoms. The molecule has 0 amide bonds. The average Bonchev–Trinajstić information content (AvgIpc) is 4.05. The molecule has 5 heteroatoms. The van der Waals surface area contributed by atoms with Gasteiger partial charge in [0.15, 0.2) is 0 Å². The summed E-state index contributed by atoms with van der Waals surface area (Å²) in [7, 11) is 0. The van der Waals surface area contributed by atoms with Crippen LogP contribution < -0.4 is 24.8 Å². The monoisotopic (exact) mass is 886 g/mol. The standard InChI is InChI=1S/2C26H19S.2ClH.Zr/c2*1-18-10-12-19(13-11-18)23-9-5-8-21-16-22(17-24(21)23)26-15-14-25(27-26)20-6-3-2-4-7-20;;;/h2*2-17H,1H3;2*1H;/q;;;;+2/p-2. The van der Waals surface area contributed by atoms with E-state index in [0.717, 1.165) is 0 Å². The number of hydrogen-bond donors (Lipinski definition) is 0. The molecule has 0 saturated heterocycles. The van der Waals surface area contributed by atoms with Crippen LogP contribution in [0.15, 0.2) is 170 Å². The maximum Gasteiger partial charge on any atom is -1.00 e. The molecule has 10 rings (SSSR count). The van der Waals surface area contributed by atoms with E-state index in [1.165, 1.54) is 97.4 Å². The van der Waals surface area contributed by atoms with E-state index in [4.69, 9.17) is 0 Å². The first-order valence-electron chi connectivity index (χ1n) is 19.0. The fraction of sp³-hybridized carbons (Fsp3) is 0.0769. The Morgan fingerprint density at radius 2 is 0.754 bits per heavy atom. The second kappa shape index (κ2) is 16.9.